The standard InChI is InChI=1S/C24H18ClF3N2O2S.C23H16ClF3N2O2S/c1-14-11-15(12-23(31)32-2)7-8-16(14)20-9-10-21(33-20)19-13-22(24(26,27)28)29-30(19)18-6-4-3-5-17(18)25;1-13-10-14(11-22(30)31)6-7-15(13)19-8-9-20(32-19)18-12-21(23(25,26)27)28-29(18)17-5-3-2-4-16(17)24/h3-11,13H,12H2,1-2H3;2-10,12H,11H2,1H3,(H,30,31). The zero-order valence-electron chi connectivity index (χ0n) is 34.3. The summed E-state index contributed by atoms with van der Waals surface area (Å²) in [5, 5.41) is 17.1. The molecular formula is C47H34Cl2F6N4O4S2. The monoisotopic (exact) mass is 966 g/mol. The van der Waals surface area contributed by atoms with E-state index in [9.17, 15) is 35.9 Å². The summed E-state index contributed by atoms with van der Waals surface area (Å²) < 4.78 is 87.8. The first kappa shape index (κ1) is 46.8. The zero-order chi connectivity index (χ0) is 46.8. The number of halogens is 8. The summed E-state index contributed by atoms with van der Waals surface area (Å²) in [4.78, 5) is 25.4. The molecule has 1 N–H and O–H groups in total. The Kier molecular flexibility index (Phi) is 13.7. The number of nitrogens with zero attached hydrogens (tertiary/aromatic N) is 4. The molecule has 8 aromatic rings. The van der Waals surface area contributed by atoms with Crippen molar-refractivity contribution in [3.05, 3.63) is 165 Å². The van der Waals surface area contributed by atoms with Crippen molar-refractivity contribution in [2.75, 3.05) is 7.11 Å². The molecule has 4 aromatic heterocycles. The maximum Gasteiger partial charge on any atom is 0.435 e. The minimum absolute atomic E-state index is 0.0753. The van der Waals surface area contributed by atoms with Crippen molar-refractivity contribution in [2.45, 2.75) is 39.0 Å². The Morgan fingerprint density at radius 2 is 1.00 bits per heavy atom. The van der Waals surface area contributed by atoms with Gasteiger partial charge in [-0.05, 0) is 108 Å². The average Bonchev–Trinajstić information content (AvgIpc) is 4.07. The Morgan fingerprint density at radius 1 is 0.600 bits per heavy atom. The first-order chi connectivity index (χ1) is 30.8. The SMILES string of the molecule is COC(=O)Cc1ccc(-c2ccc(-c3cc(C(F)(F)F)nn3-c3ccccc3Cl)s2)c(C)c1.Cc1cc(CC(=O)O)ccc1-c1ccc(-c2cc(C(F)(F)F)nn2-c2ccccc2Cl)s1. The predicted octanol–water partition coefficient (Wildman–Crippen LogP) is 13.8. The number of esters is 1. The lowest BCUT2D eigenvalue weighted by Gasteiger charge is -2.08. The smallest absolute Gasteiger partial charge is 0.435 e. The number of aryl methyl sites for hydroxylation is 2. The van der Waals surface area contributed by atoms with Crippen molar-refractivity contribution in [3.8, 4) is 53.4 Å². The maximum atomic E-state index is 13.5. The summed E-state index contributed by atoms with van der Waals surface area (Å²) >= 11 is 15.2. The summed E-state index contributed by atoms with van der Waals surface area (Å²) in [6, 6.07) is 33.5. The number of para-hydroxylation sites is 2. The molecule has 0 saturated carbocycles. The third kappa shape index (κ3) is 10.7. The van der Waals surface area contributed by atoms with Gasteiger partial charge in [0, 0.05) is 9.75 Å². The van der Waals surface area contributed by atoms with Crippen LogP contribution in [0.15, 0.2) is 121 Å². The van der Waals surface area contributed by atoms with Crippen molar-refractivity contribution in [1.82, 2.24) is 19.6 Å². The minimum atomic E-state index is -4.60. The van der Waals surface area contributed by atoms with Crippen LogP contribution in [0.1, 0.15) is 33.6 Å². The number of hydrogen-bond donors (Lipinski definition) is 1. The van der Waals surface area contributed by atoms with Gasteiger partial charge >= 0.3 is 24.3 Å². The lowest BCUT2D eigenvalue weighted by Crippen LogP contribution is -2.07. The first-order valence-corrected chi connectivity index (χ1v) is 21.7. The Labute approximate surface area is 385 Å². The fourth-order valence-electron chi connectivity index (χ4n) is 6.88. The van der Waals surface area contributed by atoms with E-state index in [1.54, 1.807) is 72.8 Å². The molecule has 0 radical (unpaired) electrons. The van der Waals surface area contributed by atoms with Crippen LogP contribution in [0, 0.1) is 13.8 Å². The van der Waals surface area contributed by atoms with E-state index >= 15 is 0 Å². The van der Waals surface area contributed by atoms with Gasteiger partial charge in [0.2, 0.25) is 0 Å². The molecule has 0 saturated heterocycles. The summed E-state index contributed by atoms with van der Waals surface area (Å²) in [7, 11) is 1.34. The highest BCUT2D eigenvalue weighted by molar-refractivity contribution is 7.19. The number of aromatic nitrogens is 4. The van der Waals surface area contributed by atoms with E-state index < -0.39 is 29.7 Å². The highest BCUT2D eigenvalue weighted by Crippen LogP contribution is 2.42. The van der Waals surface area contributed by atoms with E-state index in [2.05, 4.69) is 10.2 Å². The number of carboxylic acids is 1. The molecule has 0 aliphatic heterocycles. The van der Waals surface area contributed by atoms with Crippen LogP contribution >= 0.6 is 45.9 Å². The summed E-state index contributed by atoms with van der Waals surface area (Å²) in [5.41, 5.74) is 4.45. The van der Waals surface area contributed by atoms with Crippen LogP contribution in [0.25, 0.3) is 53.4 Å². The van der Waals surface area contributed by atoms with Crippen LogP contribution in [-0.2, 0) is 39.5 Å². The number of thiophene rings is 2. The van der Waals surface area contributed by atoms with Gasteiger partial charge in [0.1, 0.15) is 0 Å². The van der Waals surface area contributed by atoms with E-state index in [0.717, 1.165) is 49.7 Å². The van der Waals surface area contributed by atoms with Gasteiger partial charge in [0.25, 0.3) is 0 Å². The number of benzene rings is 4. The molecule has 0 atom stereocenters. The minimum Gasteiger partial charge on any atom is -0.481 e. The number of ether oxygens (including phenoxy) is 1. The molecule has 18 heteroatoms. The molecule has 0 amide bonds. The third-order valence-electron chi connectivity index (χ3n) is 9.92. The molecule has 334 valence electrons. The molecule has 4 aromatic carbocycles. The molecule has 65 heavy (non-hydrogen) atoms. The van der Waals surface area contributed by atoms with Crippen LogP contribution < -0.4 is 0 Å². The molecule has 0 unspecified atom stereocenters. The van der Waals surface area contributed by atoms with Gasteiger partial charge in [-0.1, -0.05) is 83.9 Å². The molecule has 0 fully saturated rings. The Hall–Kier alpha value is -6.20. The quantitative estimate of drug-likeness (QED) is 0.108. The third-order valence-corrected chi connectivity index (χ3v) is 12.8. The molecule has 0 aliphatic carbocycles. The number of carbonyl (C=O) groups is 2. The Morgan fingerprint density at radius 3 is 1.37 bits per heavy atom. The number of carbonyl (C=O) groups excluding carboxylic acids is 1. The molecule has 8 nitrogen and oxygen atoms in total. The van der Waals surface area contributed by atoms with E-state index in [1.807, 2.05) is 50.2 Å². The molecule has 0 bridgehead atoms. The number of aliphatic carboxylic acids is 1. The number of methoxy groups -OCH3 is 1. The summed E-state index contributed by atoms with van der Waals surface area (Å²) in [6.07, 6.45) is -9.09. The number of carboxylic acid groups (broad SMARTS) is 1. The van der Waals surface area contributed by atoms with Gasteiger partial charge in [-0.2, -0.15) is 36.5 Å². The van der Waals surface area contributed by atoms with Gasteiger partial charge in [-0.15, -0.1) is 22.7 Å². The second-order valence-corrected chi connectivity index (χ2v) is 17.5. The van der Waals surface area contributed by atoms with Crippen molar-refractivity contribution in [3.63, 3.8) is 0 Å². The number of rotatable bonds is 10. The van der Waals surface area contributed by atoms with Gasteiger partial charge in [-0.25, -0.2) is 9.36 Å². The predicted molar refractivity (Wildman–Crippen MR) is 241 cm³/mol. The average molecular weight is 968 g/mol. The van der Waals surface area contributed by atoms with E-state index in [1.165, 1.54) is 39.1 Å². The van der Waals surface area contributed by atoms with Gasteiger partial charge in [-0.3, -0.25) is 9.59 Å². The van der Waals surface area contributed by atoms with Crippen LogP contribution in [0.3, 0.4) is 0 Å². The lowest BCUT2D eigenvalue weighted by molar-refractivity contribution is -0.142. The molecule has 8 rings (SSSR count). The van der Waals surface area contributed by atoms with Crippen molar-refractivity contribution >= 4 is 57.8 Å². The van der Waals surface area contributed by atoms with Crippen LogP contribution in [0.2, 0.25) is 10.0 Å². The van der Waals surface area contributed by atoms with Gasteiger partial charge in [0.15, 0.2) is 11.4 Å². The van der Waals surface area contributed by atoms with Crippen LogP contribution in [0.5, 0.6) is 0 Å². The van der Waals surface area contributed by atoms with Crippen molar-refractivity contribution < 1.29 is 45.8 Å². The van der Waals surface area contributed by atoms with E-state index in [4.69, 9.17) is 33.0 Å². The van der Waals surface area contributed by atoms with Crippen molar-refractivity contribution in [2.24, 2.45) is 0 Å². The van der Waals surface area contributed by atoms with Gasteiger partial charge < -0.3 is 9.84 Å². The van der Waals surface area contributed by atoms with Gasteiger partial charge in [0.05, 0.1) is 62.5 Å². The number of alkyl halides is 6. The second-order valence-electron chi connectivity index (χ2n) is 14.5. The Bertz CT molecular complexity index is 3040. The maximum absolute atomic E-state index is 13.5. The largest absolute Gasteiger partial charge is 0.481 e. The Balaban J connectivity index is 0.000000194. The molecule has 0 aliphatic rings. The zero-order valence-corrected chi connectivity index (χ0v) is 37.4. The van der Waals surface area contributed by atoms with E-state index in [0.29, 0.717) is 37.4 Å². The number of hydrogen-bond acceptors (Lipinski definition) is 7. The van der Waals surface area contributed by atoms with Crippen molar-refractivity contribution in [1.29, 1.82) is 0 Å². The van der Waals surface area contributed by atoms with Crippen LogP contribution in [-0.4, -0.2) is 43.7 Å². The fraction of sp³-hybridized carbons (Fsp3) is 0.149. The summed E-state index contributed by atoms with van der Waals surface area (Å²) in [6.45, 7) is 3.79. The fourth-order valence-corrected chi connectivity index (χ4v) is 9.51. The first-order valence-electron chi connectivity index (χ1n) is 19.3. The molecular weight excluding hydrogens is 934 g/mol. The topological polar surface area (TPSA) is 99.2 Å². The van der Waals surface area contributed by atoms with E-state index in [-0.39, 0.29) is 29.5 Å². The normalized spacial score (nSPS) is 11.6. The second kappa shape index (κ2) is 19.1. The molecule has 4 heterocycles. The summed E-state index contributed by atoms with van der Waals surface area (Å²) in [5.74, 6) is -1.24. The molecule has 0 spiro atoms. The highest BCUT2D eigenvalue weighted by Gasteiger charge is 2.37. The van der Waals surface area contributed by atoms with Crippen LogP contribution in [0.4, 0.5) is 26.3 Å². The lowest BCUT2D eigenvalue weighted by atomic mass is 10.0. The highest BCUT2D eigenvalue weighted by atomic mass is 35.5.